The SMILES string of the molecule is C[C@@H](Oc1ccc(Cl)cc1)C(=O)NN=Cc1ccc(O)cc1. The number of ether oxygens (including phenoxy) is 1. The van der Waals surface area contributed by atoms with Gasteiger partial charge in [-0.3, -0.25) is 4.79 Å². The fourth-order valence-electron chi connectivity index (χ4n) is 1.59. The number of rotatable bonds is 5. The molecule has 2 aromatic rings. The Morgan fingerprint density at radius 1 is 1.23 bits per heavy atom. The average Bonchev–Trinajstić information content (AvgIpc) is 2.51. The van der Waals surface area contributed by atoms with Crippen LogP contribution >= 0.6 is 11.6 Å². The molecule has 2 N–H and O–H groups in total. The molecule has 2 rings (SSSR count). The van der Waals surface area contributed by atoms with Gasteiger partial charge in [0.2, 0.25) is 0 Å². The first kappa shape index (κ1) is 15.9. The number of hydrazone groups is 1. The molecule has 22 heavy (non-hydrogen) atoms. The van der Waals surface area contributed by atoms with Crippen LogP contribution in [0, 0.1) is 0 Å². The number of amides is 1. The molecule has 0 aliphatic rings. The van der Waals surface area contributed by atoms with Crippen molar-refractivity contribution < 1.29 is 14.6 Å². The summed E-state index contributed by atoms with van der Waals surface area (Å²) in [7, 11) is 0. The van der Waals surface area contributed by atoms with Crippen LogP contribution in [0.1, 0.15) is 12.5 Å². The van der Waals surface area contributed by atoms with Crippen LogP contribution in [0.25, 0.3) is 0 Å². The molecule has 0 aromatic heterocycles. The van der Waals surface area contributed by atoms with Gasteiger partial charge in [-0.25, -0.2) is 5.43 Å². The summed E-state index contributed by atoms with van der Waals surface area (Å²) in [5, 5.41) is 13.6. The Hall–Kier alpha value is -2.53. The van der Waals surface area contributed by atoms with Gasteiger partial charge in [0, 0.05) is 5.02 Å². The lowest BCUT2D eigenvalue weighted by molar-refractivity contribution is -0.127. The number of phenolic OH excluding ortho intramolecular Hbond substituents is 1. The van der Waals surface area contributed by atoms with E-state index in [0.29, 0.717) is 10.8 Å². The number of hydrogen-bond donors (Lipinski definition) is 2. The Morgan fingerprint density at radius 2 is 1.86 bits per heavy atom. The smallest absolute Gasteiger partial charge is 0.280 e. The van der Waals surface area contributed by atoms with Crippen molar-refractivity contribution in [2.75, 3.05) is 0 Å². The van der Waals surface area contributed by atoms with Gasteiger partial charge >= 0.3 is 0 Å². The zero-order valence-electron chi connectivity index (χ0n) is 11.9. The molecule has 1 atom stereocenters. The third kappa shape index (κ3) is 4.79. The number of carbonyl (C=O) groups is 1. The van der Waals surface area contributed by atoms with Gasteiger partial charge < -0.3 is 9.84 Å². The van der Waals surface area contributed by atoms with Crippen molar-refractivity contribution in [1.82, 2.24) is 5.43 Å². The van der Waals surface area contributed by atoms with E-state index in [0.717, 1.165) is 5.56 Å². The Balaban J connectivity index is 1.85. The molecule has 2 aromatic carbocycles. The highest BCUT2D eigenvalue weighted by Crippen LogP contribution is 2.16. The molecule has 0 aliphatic carbocycles. The predicted octanol–water partition coefficient (Wildman–Crippen LogP) is 2.96. The summed E-state index contributed by atoms with van der Waals surface area (Å²) in [6.45, 7) is 1.63. The maximum Gasteiger partial charge on any atom is 0.280 e. The van der Waals surface area contributed by atoms with E-state index in [2.05, 4.69) is 10.5 Å². The molecule has 0 aliphatic heterocycles. The van der Waals surface area contributed by atoms with E-state index >= 15 is 0 Å². The Bertz CT molecular complexity index is 654. The maximum absolute atomic E-state index is 11.8. The topological polar surface area (TPSA) is 70.9 Å². The van der Waals surface area contributed by atoms with Crippen LogP contribution in [-0.4, -0.2) is 23.3 Å². The molecule has 0 radical (unpaired) electrons. The van der Waals surface area contributed by atoms with Crippen molar-refractivity contribution in [2.45, 2.75) is 13.0 Å². The molecule has 0 saturated carbocycles. The highest BCUT2D eigenvalue weighted by atomic mass is 35.5. The van der Waals surface area contributed by atoms with E-state index in [4.69, 9.17) is 21.4 Å². The van der Waals surface area contributed by atoms with Gasteiger partial charge in [0.25, 0.3) is 5.91 Å². The van der Waals surface area contributed by atoms with Gasteiger partial charge in [0.1, 0.15) is 11.5 Å². The Morgan fingerprint density at radius 3 is 2.50 bits per heavy atom. The first-order chi connectivity index (χ1) is 10.5. The molecule has 0 saturated heterocycles. The van der Waals surface area contributed by atoms with E-state index in [-0.39, 0.29) is 11.7 Å². The molecule has 1 amide bonds. The number of aromatic hydroxyl groups is 1. The molecular weight excluding hydrogens is 304 g/mol. The quantitative estimate of drug-likeness (QED) is 0.657. The number of benzene rings is 2. The van der Waals surface area contributed by atoms with Crippen molar-refractivity contribution in [2.24, 2.45) is 5.10 Å². The molecule has 5 nitrogen and oxygen atoms in total. The van der Waals surface area contributed by atoms with Crippen molar-refractivity contribution in [3.8, 4) is 11.5 Å². The summed E-state index contributed by atoms with van der Waals surface area (Å²) in [5.74, 6) is 0.353. The summed E-state index contributed by atoms with van der Waals surface area (Å²) >= 11 is 5.78. The lowest BCUT2D eigenvalue weighted by atomic mass is 10.2. The molecule has 114 valence electrons. The summed E-state index contributed by atoms with van der Waals surface area (Å²) < 4.78 is 5.47. The van der Waals surface area contributed by atoms with Crippen molar-refractivity contribution in [1.29, 1.82) is 0 Å². The van der Waals surface area contributed by atoms with Crippen LogP contribution in [0.3, 0.4) is 0 Å². The zero-order valence-corrected chi connectivity index (χ0v) is 12.6. The van der Waals surface area contributed by atoms with E-state index in [1.165, 1.54) is 18.3 Å². The summed E-state index contributed by atoms with van der Waals surface area (Å²) in [6.07, 6.45) is 0.782. The minimum atomic E-state index is -0.696. The highest BCUT2D eigenvalue weighted by molar-refractivity contribution is 6.30. The fourth-order valence-corrected chi connectivity index (χ4v) is 1.72. The maximum atomic E-state index is 11.8. The number of carbonyl (C=O) groups excluding carboxylic acids is 1. The lowest BCUT2D eigenvalue weighted by Crippen LogP contribution is -2.33. The van der Waals surface area contributed by atoms with Gasteiger partial charge in [-0.1, -0.05) is 11.6 Å². The third-order valence-corrected chi connectivity index (χ3v) is 3.03. The summed E-state index contributed by atoms with van der Waals surface area (Å²) in [6, 6.07) is 13.2. The van der Waals surface area contributed by atoms with Crippen LogP contribution in [0.5, 0.6) is 11.5 Å². The number of halogens is 1. The molecule has 6 heteroatoms. The standard InChI is InChI=1S/C16H15ClN2O3/c1-11(22-15-8-4-13(17)5-9-15)16(21)19-18-10-12-2-6-14(20)7-3-12/h2-11,20H,1H3,(H,19,21)/t11-/m1/s1. The second-order valence-corrected chi connectivity index (χ2v) is 4.98. The Kier molecular flexibility index (Phi) is 5.38. The summed E-state index contributed by atoms with van der Waals surface area (Å²) in [4.78, 5) is 11.8. The van der Waals surface area contributed by atoms with Crippen LogP contribution in [0.2, 0.25) is 5.02 Å². The molecule has 0 heterocycles. The zero-order chi connectivity index (χ0) is 15.9. The van der Waals surface area contributed by atoms with Gasteiger partial charge in [-0.2, -0.15) is 5.10 Å². The van der Waals surface area contributed by atoms with E-state index in [9.17, 15) is 4.79 Å². The average molecular weight is 319 g/mol. The first-order valence-corrected chi connectivity index (χ1v) is 6.96. The van der Waals surface area contributed by atoms with E-state index < -0.39 is 6.10 Å². The molecule has 0 fully saturated rings. The van der Waals surface area contributed by atoms with Crippen molar-refractivity contribution >= 4 is 23.7 Å². The monoisotopic (exact) mass is 318 g/mol. The number of nitrogens with zero attached hydrogens (tertiary/aromatic N) is 1. The molecule has 0 unspecified atom stereocenters. The normalized spacial score (nSPS) is 12.1. The molecule has 0 spiro atoms. The largest absolute Gasteiger partial charge is 0.508 e. The van der Waals surface area contributed by atoms with E-state index in [1.54, 1.807) is 43.3 Å². The van der Waals surface area contributed by atoms with Crippen molar-refractivity contribution in [3.63, 3.8) is 0 Å². The van der Waals surface area contributed by atoms with Gasteiger partial charge in [-0.15, -0.1) is 0 Å². The highest BCUT2D eigenvalue weighted by Gasteiger charge is 2.13. The third-order valence-electron chi connectivity index (χ3n) is 2.78. The number of hydrogen-bond acceptors (Lipinski definition) is 4. The summed E-state index contributed by atoms with van der Waals surface area (Å²) in [5.41, 5.74) is 3.15. The van der Waals surface area contributed by atoms with Crippen LogP contribution in [0.4, 0.5) is 0 Å². The lowest BCUT2D eigenvalue weighted by Gasteiger charge is -2.12. The number of phenols is 1. The molecule has 0 bridgehead atoms. The van der Waals surface area contributed by atoms with Crippen LogP contribution in [-0.2, 0) is 4.79 Å². The van der Waals surface area contributed by atoms with Crippen LogP contribution < -0.4 is 10.2 Å². The van der Waals surface area contributed by atoms with Gasteiger partial charge in [0.05, 0.1) is 6.21 Å². The number of nitrogens with one attached hydrogen (secondary N) is 1. The van der Waals surface area contributed by atoms with E-state index in [1.807, 2.05) is 0 Å². The van der Waals surface area contributed by atoms with Gasteiger partial charge in [-0.05, 0) is 61.0 Å². The first-order valence-electron chi connectivity index (χ1n) is 6.59. The fraction of sp³-hybridized carbons (Fsp3) is 0.125. The minimum absolute atomic E-state index is 0.172. The van der Waals surface area contributed by atoms with Crippen LogP contribution in [0.15, 0.2) is 53.6 Å². The van der Waals surface area contributed by atoms with Gasteiger partial charge in [0.15, 0.2) is 6.10 Å². The predicted molar refractivity (Wildman–Crippen MR) is 85.4 cm³/mol. The second-order valence-electron chi connectivity index (χ2n) is 4.54. The molecular formula is C16H15ClN2O3. The minimum Gasteiger partial charge on any atom is -0.508 e. The Labute approximate surface area is 133 Å². The van der Waals surface area contributed by atoms with Crippen molar-refractivity contribution in [3.05, 3.63) is 59.1 Å². The second kappa shape index (κ2) is 7.47.